The predicted molar refractivity (Wildman–Crippen MR) is 122 cm³/mol. The van der Waals surface area contributed by atoms with Gasteiger partial charge in [-0.2, -0.15) is 0 Å². The van der Waals surface area contributed by atoms with Crippen LogP contribution in [0.2, 0.25) is 0 Å². The number of fused-ring (bicyclic) bond motifs is 1. The Morgan fingerprint density at radius 1 is 0.969 bits per heavy atom. The van der Waals surface area contributed by atoms with E-state index >= 15 is 0 Å². The number of benzene rings is 2. The molecule has 8 heteroatoms. The number of nitrogens with two attached hydrogens (primary N) is 2. The van der Waals surface area contributed by atoms with Gasteiger partial charge >= 0.3 is 0 Å². The van der Waals surface area contributed by atoms with Crippen LogP contribution in [0.5, 0.6) is 11.5 Å². The van der Waals surface area contributed by atoms with Gasteiger partial charge in [-0.15, -0.1) is 0 Å². The molecule has 0 aliphatic carbocycles. The number of rotatable bonds is 7. The molecule has 0 amide bonds. The fourth-order valence-corrected chi connectivity index (χ4v) is 4.09. The first-order chi connectivity index (χ1) is 15.5. The summed E-state index contributed by atoms with van der Waals surface area (Å²) in [6.07, 6.45) is 1.43. The van der Waals surface area contributed by atoms with Crippen LogP contribution in [0.3, 0.4) is 0 Å². The molecule has 0 saturated carbocycles. The zero-order valence-electron chi connectivity index (χ0n) is 18.2. The van der Waals surface area contributed by atoms with Crippen LogP contribution in [-0.4, -0.2) is 36.9 Å². The molecule has 168 valence electrons. The van der Waals surface area contributed by atoms with Crippen molar-refractivity contribution in [3.8, 4) is 11.5 Å². The second-order valence-electron chi connectivity index (χ2n) is 7.71. The van der Waals surface area contributed by atoms with Crippen molar-refractivity contribution in [3.63, 3.8) is 0 Å². The second kappa shape index (κ2) is 9.52. The number of anilines is 1. The highest BCUT2D eigenvalue weighted by Crippen LogP contribution is 2.35. The van der Waals surface area contributed by atoms with Crippen molar-refractivity contribution in [1.29, 1.82) is 0 Å². The van der Waals surface area contributed by atoms with Crippen LogP contribution in [0.1, 0.15) is 22.9 Å². The topological polar surface area (TPSA) is 89.9 Å². The van der Waals surface area contributed by atoms with Crippen LogP contribution >= 0.6 is 0 Å². The van der Waals surface area contributed by atoms with Gasteiger partial charge in [-0.05, 0) is 47.9 Å². The Bertz CT molecular complexity index is 1080. The van der Waals surface area contributed by atoms with Gasteiger partial charge < -0.3 is 20.1 Å². The molecule has 0 fully saturated rings. The molecule has 2 atom stereocenters. The summed E-state index contributed by atoms with van der Waals surface area (Å²) in [5.41, 5.74) is 16.1. The standard InChI is InChI=1S/C24H28FN5O2/c1-31-20-9-8-17(14-21(20)32-2)15-30-22(26)19-7-4-11-28-23(19)29(24(30)27)12-10-16-5-3-6-18(25)13-16/h3-9,11,13-14,22,24H,10,12,15,26-27H2,1-2H3. The normalized spacial score (nSPS) is 18.3. The van der Waals surface area contributed by atoms with Crippen molar-refractivity contribution in [2.24, 2.45) is 11.5 Å². The minimum atomic E-state index is -0.506. The maximum absolute atomic E-state index is 13.6. The first kappa shape index (κ1) is 22.0. The van der Waals surface area contributed by atoms with Crippen molar-refractivity contribution >= 4 is 5.82 Å². The molecule has 4 rings (SSSR count). The van der Waals surface area contributed by atoms with Crippen LogP contribution < -0.4 is 25.8 Å². The van der Waals surface area contributed by atoms with E-state index in [0.717, 1.165) is 22.5 Å². The molecule has 0 radical (unpaired) electrons. The SMILES string of the molecule is COc1ccc(CN2C(N)c3cccnc3N(CCc3cccc(F)c3)C2N)cc1OC. The molecular weight excluding hydrogens is 409 g/mol. The van der Waals surface area contributed by atoms with E-state index in [4.69, 9.17) is 20.9 Å². The first-order valence-corrected chi connectivity index (χ1v) is 10.5. The predicted octanol–water partition coefficient (Wildman–Crippen LogP) is 3.00. The smallest absolute Gasteiger partial charge is 0.161 e. The summed E-state index contributed by atoms with van der Waals surface area (Å²) in [4.78, 5) is 8.58. The lowest BCUT2D eigenvalue weighted by atomic mass is 10.1. The van der Waals surface area contributed by atoms with Gasteiger partial charge in [0, 0.05) is 24.8 Å². The molecule has 3 aromatic rings. The molecule has 0 saturated heterocycles. The molecule has 2 aromatic carbocycles. The summed E-state index contributed by atoms with van der Waals surface area (Å²) in [5.74, 6) is 1.82. The van der Waals surface area contributed by atoms with Crippen LogP contribution in [0.15, 0.2) is 60.8 Å². The van der Waals surface area contributed by atoms with Crippen molar-refractivity contribution in [3.05, 3.63) is 83.3 Å². The molecule has 2 heterocycles. The van der Waals surface area contributed by atoms with Gasteiger partial charge in [0.15, 0.2) is 11.5 Å². The highest BCUT2D eigenvalue weighted by atomic mass is 19.1. The monoisotopic (exact) mass is 437 g/mol. The maximum atomic E-state index is 13.6. The largest absolute Gasteiger partial charge is 0.493 e. The maximum Gasteiger partial charge on any atom is 0.161 e. The third-order valence-corrected chi connectivity index (χ3v) is 5.77. The summed E-state index contributed by atoms with van der Waals surface area (Å²) in [7, 11) is 3.21. The van der Waals surface area contributed by atoms with E-state index in [9.17, 15) is 4.39 Å². The van der Waals surface area contributed by atoms with E-state index < -0.39 is 12.5 Å². The number of nitrogens with zero attached hydrogens (tertiary/aromatic N) is 3. The van der Waals surface area contributed by atoms with E-state index in [1.165, 1.54) is 6.07 Å². The van der Waals surface area contributed by atoms with Crippen molar-refractivity contribution in [1.82, 2.24) is 9.88 Å². The average Bonchev–Trinajstić information content (AvgIpc) is 2.81. The number of hydrogen-bond donors (Lipinski definition) is 2. The Balaban J connectivity index is 1.61. The number of aromatic nitrogens is 1. The van der Waals surface area contributed by atoms with E-state index in [1.807, 2.05) is 46.2 Å². The molecule has 2 unspecified atom stereocenters. The lowest BCUT2D eigenvalue weighted by Gasteiger charge is -2.46. The molecule has 4 N–H and O–H groups in total. The third kappa shape index (κ3) is 4.38. The summed E-state index contributed by atoms with van der Waals surface area (Å²) < 4.78 is 24.4. The second-order valence-corrected chi connectivity index (χ2v) is 7.71. The fourth-order valence-electron chi connectivity index (χ4n) is 4.09. The summed E-state index contributed by atoms with van der Waals surface area (Å²) in [5, 5.41) is 0. The molecule has 1 aliphatic rings. The Labute approximate surface area is 187 Å². The zero-order chi connectivity index (χ0) is 22.7. The van der Waals surface area contributed by atoms with E-state index in [-0.39, 0.29) is 5.82 Å². The molecule has 0 spiro atoms. The molecule has 1 aromatic heterocycles. The highest BCUT2D eigenvalue weighted by molar-refractivity contribution is 5.51. The third-order valence-electron chi connectivity index (χ3n) is 5.77. The fraction of sp³-hybridized carbons (Fsp3) is 0.292. The Morgan fingerprint density at radius 2 is 1.78 bits per heavy atom. The van der Waals surface area contributed by atoms with Crippen LogP contribution in [-0.2, 0) is 13.0 Å². The van der Waals surface area contributed by atoms with Crippen molar-refractivity contribution < 1.29 is 13.9 Å². The summed E-state index contributed by atoms with van der Waals surface area (Å²) in [6, 6.07) is 16.2. The molecule has 32 heavy (non-hydrogen) atoms. The van der Waals surface area contributed by atoms with E-state index in [1.54, 1.807) is 32.5 Å². The van der Waals surface area contributed by atoms with Crippen molar-refractivity contribution in [2.75, 3.05) is 25.7 Å². The minimum absolute atomic E-state index is 0.249. The van der Waals surface area contributed by atoms with Crippen LogP contribution in [0.25, 0.3) is 0 Å². The van der Waals surface area contributed by atoms with Crippen LogP contribution in [0, 0.1) is 5.82 Å². The quantitative estimate of drug-likeness (QED) is 0.587. The van der Waals surface area contributed by atoms with E-state index in [2.05, 4.69) is 4.98 Å². The number of ether oxygens (including phenoxy) is 2. The zero-order valence-corrected chi connectivity index (χ0v) is 18.2. The van der Waals surface area contributed by atoms with Gasteiger partial charge in [-0.3, -0.25) is 5.73 Å². The van der Waals surface area contributed by atoms with Gasteiger partial charge in [-0.1, -0.05) is 24.3 Å². The van der Waals surface area contributed by atoms with Crippen molar-refractivity contribution in [2.45, 2.75) is 25.4 Å². The van der Waals surface area contributed by atoms with Gasteiger partial charge in [0.25, 0.3) is 0 Å². The Hall–Kier alpha value is -3.20. The van der Waals surface area contributed by atoms with Gasteiger partial charge in [0.2, 0.25) is 0 Å². The molecule has 0 bridgehead atoms. The average molecular weight is 438 g/mol. The summed E-state index contributed by atoms with van der Waals surface area (Å²) in [6.45, 7) is 1.08. The molecule has 1 aliphatic heterocycles. The number of hydrogen-bond acceptors (Lipinski definition) is 7. The Morgan fingerprint density at radius 3 is 2.53 bits per heavy atom. The van der Waals surface area contributed by atoms with Gasteiger partial charge in [0.1, 0.15) is 17.9 Å². The van der Waals surface area contributed by atoms with Gasteiger partial charge in [0.05, 0.1) is 20.4 Å². The number of halogens is 1. The minimum Gasteiger partial charge on any atom is -0.493 e. The van der Waals surface area contributed by atoms with Gasteiger partial charge in [-0.25, -0.2) is 14.3 Å². The molecule has 7 nitrogen and oxygen atoms in total. The summed E-state index contributed by atoms with van der Waals surface area (Å²) >= 11 is 0. The number of methoxy groups -OCH3 is 2. The lowest BCUT2D eigenvalue weighted by Crippen LogP contribution is -2.60. The first-order valence-electron chi connectivity index (χ1n) is 10.5. The van der Waals surface area contributed by atoms with E-state index in [0.29, 0.717) is 31.0 Å². The lowest BCUT2D eigenvalue weighted by molar-refractivity contribution is 0.112. The Kier molecular flexibility index (Phi) is 6.55. The highest BCUT2D eigenvalue weighted by Gasteiger charge is 2.36. The number of pyridine rings is 1. The van der Waals surface area contributed by atoms with Crippen LogP contribution in [0.4, 0.5) is 10.2 Å². The molecular formula is C24H28FN5O2.